The van der Waals surface area contributed by atoms with Gasteiger partial charge in [0.1, 0.15) is 4.83 Å². The Bertz CT molecular complexity index is 1070. The number of hydrogen-bond donors (Lipinski definition) is 3. The first-order valence-electron chi connectivity index (χ1n) is 10.6. The Morgan fingerprint density at radius 3 is 2.74 bits per heavy atom. The Morgan fingerprint density at radius 2 is 2.03 bits per heavy atom. The van der Waals surface area contributed by atoms with E-state index in [4.69, 9.17) is 5.11 Å². The first-order valence-corrected chi connectivity index (χ1v) is 11.4. The molecule has 164 valence electrons. The summed E-state index contributed by atoms with van der Waals surface area (Å²) in [5.41, 5.74) is 1.66. The van der Waals surface area contributed by atoms with Crippen molar-refractivity contribution in [3.63, 3.8) is 0 Å². The highest BCUT2D eigenvalue weighted by molar-refractivity contribution is 7.20. The van der Waals surface area contributed by atoms with Crippen LogP contribution in [0.25, 0.3) is 10.2 Å². The molecule has 31 heavy (non-hydrogen) atoms. The summed E-state index contributed by atoms with van der Waals surface area (Å²) in [4.78, 5) is 31.0. The van der Waals surface area contributed by atoms with Gasteiger partial charge >= 0.3 is 0 Å². The number of aliphatic hydroxyl groups is 1. The molecule has 8 nitrogen and oxygen atoms in total. The van der Waals surface area contributed by atoms with Crippen LogP contribution in [0.5, 0.6) is 0 Å². The van der Waals surface area contributed by atoms with Crippen molar-refractivity contribution >= 4 is 33.4 Å². The average Bonchev–Trinajstić information content (AvgIpc) is 3.40. The molecule has 1 saturated carbocycles. The summed E-state index contributed by atoms with van der Waals surface area (Å²) in [6.07, 6.45) is 8.96. The Balaban J connectivity index is 1.42. The molecular formula is C22H27N5O3S. The van der Waals surface area contributed by atoms with E-state index in [1.807, 2.05) is 12.1 Å². The van der Waals surface area contributed by atoms with Crippen LogP contribution < -0.4 is 10.6 Å². The topological polar surface area (TPSA) is 109 Å². The van der Waals surface area contributed by atoms with Crippen LogP contribution in [0.4, 0.5) is 0 Å². The van der Waals surface area contributed by atoms with E-state index in [-0.39, 0.29) is 30.9 Å². The second kappa shape index (κ2) is 9.57. The molecule has 0 bridgehead atoms. The highest BCUT2D eigenvalue weighted by Gasteiger charge is 2.29. The van der Waals surface area contributed by atoms with Crippen LogP contribution in [-0.4, -0.2) is 51.4 Å². The molecule has 0 unspecified atom stereocenters. The Labute approximate surface area is 184 Å². The van der Waals surface area contributed by atoms with Crippen molar-refractivity contribution in [1.82, 2.24) is 25.4 Å². The number of fused-ring (bicyclic) bond motifs is 1. The van der Waals surface area contributed by atoms with Gasteiger partial charge in [0, 0.05) is 37.9 Å². The maximum absolute atomic E-state index is 12.7. The van der Waals surface area contributed by atoms with Crippen molar-refractivity contribution < 1.29 is 14.7 Å². The number of amides is 2. The fourth-order valence-corrected chi connectivity index (χ4v) is 5.45. The molecule has 3 aromatic rings. The zero-order chi connectivity index (χ0) is 21.8. The van der Waals surface area contributed by atoms with Gasteiger partial charge in [0.05, 0.1) is 23.2 Å². The number of carbonyl (C=O) groups is 2. The van der Waals surface area contributed by atoms with Crippen molar-refractivity contribution in [3.05, 3.63) is 46.7 Å². The molecule has 0 aliphatic heterocycles. The van der Waals surface area contributed by atoms with Gasteiger partial charge < -0.3 is 15.7 Å². The highest BCUT2D eigenvalue weighted by atomic mass is 32.1. The largest absolute Gasteiger partial charge is 0.395 e. The lowest BCUT2D eigenvalue weighted by Gasteiger charge is -2.29. The van der Waals surface area contributed by atoms with Crippen molar-refractivity contribution in [2.24, 2.45) is 13.0 Å². The van der Waals surface area contributed by atoms with Crippen LogP contribution in [0.15, 0.2) is 30.7 Å². The smallest absolute Gasteiger partial charge is 0.261 e. The lowest BCUT2D eigenvalue weighted by Crippen LogP contribution is -2.31. The third-order valence-corrected chi connectivity index (χ3v) is 7.01. The molecule has 4 rings (SSSR count). The van der Waals surface area contributed by atoms with Crippen LogP contribution in [-0.2, 0) is 7.05 Å². The van der Waals surface area contributed by atoms with Gasteiger partial charge in [-0.3, -0.25) is 14.3 Å². The second-order valence-electron chi connectivity index (χ2n) is 8.01. The van der Waals surface area contributed by atoms with Crippen molar-refractivity contribution in [1.29, 1.82) is 0 Å². The molecule has 1 aliphatic carbocycles. The molecule has 3 N–H and O–H groups in total. The lowest BCUT2D eigenvalue weighted by atomic mass is 9.78. The molecule has 1 fully saturated rings. The van der Waals surface area contributed by atoms with Crippen LogP contribution >= 0.6 is 11.3 Å². The standard InChI is InChI=1S/C22H27N5O3S/c1-27-13-16(12-26-27)20(29)25-11-14-4-6-15(7-5-14)18-17-3-2-8-24-22(17)31-19(18)21(30)23-9-10-28/h2-3,8,12-15,28H,4-7,9-11H2,1H3,(H,23,30)(H,25,29). The monoisotopic (exact) mass is 441 g/mol. The number of aromatic nitrogens is 3. The van der Waals surface area contributed by atoms with Gasteiger partial charge in [0.2, 0.25) is 0 Å². The van der Waals surface area contributed by atoms with E-state index in [1.54, 1.807) is 30.3 Å². The molecule has 0 saturated heterocycles. The van der Waals surface area contributed by atoms with E-state index in [1.165, 1.54) is 11.3 Å². The predicted molar refractivity (Wildman–Crippen MR) is 119 cm³/mol. The summed E-state index contributed by atoms with van der Waals surface area (Å²) in [6, 6.07) is 3.95. The van der Waals surface area contributed by atoms with Crippen molar-refractivity contribution in [2.45, 2.75) is 31.6 Å². The summed E-state index contributed by atoms with van der Waals surface area (Å²) in [7, 11) is 1.79. The zero-order valence-corrected chi connectivity index (χ0v) is 18.3. The fraction of sp³-hybridized carbons (Fsp3) is 0.455. The molecule has 0 atom stereocenters. The number of rotatable bonds is 7. The third kappa shape index (κ3) is 4.77. The first-order chi connectivity index (χ1) is 15.1. The normalized spacial score (nSPS) is 18.8. The maximum Gasteiger partial charge on any atom is 0.261 e. The number of nitrogens with one attached hydrogen (secondary N) is 2. The van der Waals surface area contributed by atoms with Gasteiger partial charge in [0.15, 0.2) is 0 Å². The van der Waals surface area contributed by atoms with E-state index in [2.05, 4.69) is 20.7 Å². The van der Waals surface area contributed by atoms with Gasteiger partial charge in [-0.2, -0.15) is 5.10 Å². The minimum Gasteiger partial charge on any atom is -0.395 e. The molecule has 0 aromatic carbocycles. The minimum absolute atomic E-state index is 0.0832. The number of pyridine rings is 1. The minimum atomic E-state index is -0.141. The average molecular weight is 442 g/mol. The summed E-state index contributed by atoms with van der Waals surface area (Å²) in [6.45, 7) is 0.805. The van der Waals surface area contributed by atoms with Crippen molar-refractivity contribution in [3.8, 4) is 0 Å². The van der Waals surface area contributed by atoms with Gasteiger partial charge in [0.25, 0.3) is 11.8 Å². The first kappa shape index (κ1) is 21.5. The quantitative estimate of drug-likeness (QED) is 0.522. The van der Waals surface area contributed by atoms with Gasteiger partial charge in [-0.1, -0.05) is 6.07 Å². The molecule has 0 radical (unpaired) electrons. The summed E-state index contributed by atoms with van der Waals surface area (Å²) in [5.74, 6) is 0.482. The fourth-order valence-electron chi connectivity index (χ4n) is 4.31. The van der Waals surface area contributed by atoms with Gasteiger partial charge in [-0.05, 0) is 49.1 Å². The number of thiophene rings is 1. The number of aryl methyl sites for hydroxylation is 1. The number of carbonyl (C=O) groups excluding carboxylic acids is 2. The lowest BCUT2D eigenvalue weighted by molar-refractivity contribution is 0.0934. The SMILES string of the molecule is Cn1cc(C(=O)NCC2CCC(c3c(C(=O)NCCO)sc4ncccc34)CC2)cn1. The summed E-state index contributed by atoms with van der Waals surface area (Å²) < 4.78 is 1.62. The van der Waals surface area contributed by atoms with Crippen LogP contribution in [0.2, 0.25) is 0 Å². The number of nitrogens with zero attached hydrogens (tertiary/aromatic N) is 3. The van der Waals surface area contributed by atoms with E-state index in [0.29, 0.717) is 22.9 Å². The van der Waals surface area contributed by atoms with Crippen molar-refractivity contribution in [2.75, 3.05) is 19.7 Å². The van der Waals surface area contributed by atoms with Crippen LogP contribution in [0.3, 0.4) is 0 Å². The zero-order valence-electron chi connectivity index (χ0n) is 17.5. The predicted octanol–water partition coefficient (Wildman–Crippen LogP) is 2.46. The molecule has 3 heterocycles. The second-order valence-corrected chi connectivity index (χ2v) is 9.01. The highest BCUT2D eigenvalue weighted by Crippen LogP contribution is 2.43. The van der Waals surface area contributed by atoms with E-state index in [0.717, 1.165) is 41.5 Å². The number of aliphatic hydroxyl groups excluding tert-OH is 1. The number of hydrogen-bond acceptors (Lipinski definition) is 6. The third-order valence-electron chi connectivity index (χ3n) is 5.88. The van der Waals surface area contributed by atoms with E-state index < -0.39 is 0 Å². The van der Waals surface area contributed by atoms with E-state index in [9.17, 15) is 9.59 Å². The Kier molecular flexibility index (Phi) is 6.62. The van der Waals surface area contributed by atoms with Gasteiger partial charge in [-0.15, -0.1) is 11.3 Å². The van der Waals surface area contributed by atoms with E-state index >= 15 is 0 Å². The maximum atomic E-state index is 12.7. The van der Waals surface area contributed by atoms with Crippen LogP contribution in [0, 0.1) is 5.92 Å². The molecule has 9 heteroatoms. The molecule has 3 aromatic heterocycles. The molecular weight excluding hydrogens is 414 g/mol. The molecule has 0 spiro atoms. The Morgan fingerprint density at radius 1 is 1.23 bits per heavy atom. The summed E-state index contributed by atoms with van der Waals surface area (Å²) in [5, 5.41) is 20.0. The van der Waals surface area contributed by atoms with Crippen LogP contribution in [0.1, 0.15) is 57.2 Å². The molecule has 2 amide bonds. The van der Waals surface area contributed by atoms with Gasteiger partial charge in [-0.25, -0.2) is 4.98 Å². The molecule has 1 aliphatic rings. The Hall–Kier alpha value is -2.78. The summed E-state index contributed by atoms with van der Waals surface area (Å²) >= 11 is 1.42.